The first-order valence-electron chi connectivity index (χ1n) is 9.71. The average Bonchev–Trinajstić information content (AvgIpc) is 3.30. The first kappa shape index (κ1) is 20.8. The van der Waals surface area contributed by atoms with Gasteiger partial charge in [0.2, 0.25) is 0 Å². The number of ether oxygens (including phenoxy) is 1. The summed E-state index contributed by atoms with van der Waals surface area (Å²) < 4.78 is 30.9. The monoisotopic (exact) mass is 437 g/mol. The molecule has 0 fully saturated rings. The third kappa shape index (κ3) is 4.98. The van der Waals surface area contributed by atoms with E-state index in [1.165, 1.54) is 0 Å². The smallest absolute Gasteiger partial charge is 0.134 e. The van der Waals surface area contributed by atoms with E-state index in [0.29, 0.717) is 24.4 Å². The average molecular weight is 438 g/mol. The minimum atomic E-state index is -3.08. The van der Waals surface area contributed by atoms with Crippen LogP contribution in [0.3, 0.4) is 0 Å². The van der Waals surface area contributed by atoms with E-state index in [1.54, 1.807) is 38.1 Å². The van der Waals surface area contributed by atoms with E-state index >= 15 is 0 Å². The van der Waals surface area contributed by atoms with E-state index in [0.717, 1.165) is 28.0 Å². The van der Waals surface area contributed by atoms with Gasteiger partial charge < -0.3 is 14.6 Å². The highest BCUT2D eigenvalue weighted by Crippen LogP contribution is 2.28. The van der Waals surface area contributed by atoms with Crippen molar-refractivity contribution in [2.45, 2.75) is 17.9 Å². The van der Waals surface area contributed by atoms with Crippen LogP contribution >= 0.6 is 0 Å². The molecule has 0 saturated heterocycles. The number of hydrogen-bond acceptors (Lipinski definition) is 7. The molecule has 1 unspecified atom stereocenters. The molecule has 0 aliphatic carbocycles. The van der Waals surface area contributed by atoms with E-state index in [4.69, 9.17) is 9.52 Å². The number of methoxy groups -OCH3 is 1. The van der Waals surface area contributed by atoms with Gasteiger partial charge in [0.1, 0.15) is 28.3 Å². The molecule has 0 saturated carbocycles. The Hall–Kier alpha value is -3.50. The summed E-state index contributed by atoms with van der Waals surface area (Å²) in [5.41, 5.74) is 2.56. The van der Waals surface area contributed by atoms with Gasteiger partial charge in [-0.1, -0.05) is 0 Å². The highest BCUT2D eigenvalue weighted by Gasteiger charge is 2.10. The van der Waals surface area contributed by atoms with Crippen LogP contribution in [-0.2, 0) is 16.5 Å². The Morgan fingerprint density at radius 2 is 1.87 bits per heavy atom. The third-order valence-electron chi connectivity index (χ3n) is 4.78. The lowest BCUT2D eigenvalue weighted by atomic mass is 10.1. The molecule has 2 aromatic heterocycles. The van der Waals surface area contributed by atoms with Crippen molar-refractivity contribution < 1.29 is 8.95 Å². The van der Waals surface area contributed by atoms with Crippen molar-refractivity contribution in [3.63, 3.8) is 0 Å². The summed E-state index contributed by atoms with van der Waals surface area (Å²) in [6.45, 7) is 1.15. The van der Waals surface area contributed by atoms with Crippen LogP contribution in [0.15, 0.2) is 72.3 Å². The summed E-state index contributed by atoms with van der Waals surface area (Å²) in [5, 5.41) is 11.8. The second kappa shape index (κ2) is 9.11. The maximum atomic E-state index is 12.7. The van der Waals surface area contributed by atoms with Crippen molar-refractivity contribution in [1.82, 2.24) is 24.5 Å². The van der Waals surface area contributed by atoms with Gasteiger partial charge in [0.15, 0.2) is 0 Å². The summed E-state index contributed by atoms with van der Waals surface area (Å²) in [6, 6.07) is 14.7. The van der Waals surface area contributed by atoms with E-state index in [2.05, 4.69) is 25.2 Å². The van der Waals surface area contributed by atoms with Gasteiger partial charge in [-0.2, -0.15) is 0 Å². The largest absolute Gasteiger partial charge is 0.497 e. The zero-order valence-corrected chi connectivity index (χ0v) is 17.8. The Kier molecular flexibility index (Phi) is 6.10. The van der Waals surface area contributed by atoms with Crippen LogP contribution in [0, 0.1) is 4.78 Å². The topological polar surface area (TPSA) is 118 Å². The van der Waals surface area contributed by atoms with Crippen LogP contribution in [0.25, 0.3) is 10.9 Å². The van der Waals surface area contributed by atoms with E-state index in [9.17, 15) is 4.21 Å². The van der Waals surface area contributed by atoms with Gasteiger partial charge in [0, 0.05) is 42.1 Å². The van der Waals surface area contributed by atoms with Crippen LogP contribution in [0.2, 0.25) is 0 Å². The molecule has 160 valence electrons. The predicted molar refractivity (Wildman–Crippen MR) is 120 cm³/mol. The SMILES string of the molecule is COc1ccc2c(Nc3ccc(S(=N)(=O)NCCCn4cnnc4)cc3)ccnc2c1. The highest BCUT2D eigenvalue weighted by atomic mass is 32.2. The van der Waals surface area contributed by atoms with E-state index < -0.39 is 9.92 Å². The molecule has 31 heavy (non-hydrogen) atoms. The summed E-state index contributed by atoms with van der Waals surface area (Å²) in [5.74, 6) is 0.751. The van der Waals surface area contributed by atoms with Crippen LogP contribution in [-0.4, -0.2) is 37.6 Å². The maximum absolute atomic E-state index is 12.7. The molecule has 0 aliphatic rings. The first-order valence-corrected chi connectivity index (χ1v) is 11.3. The summed E-state index contributed by atoms with van der Waals surface area (Å²) in [7, 11) is -1.45. The number of fused-ring (bicyclic) bond motifs is 1. The Morgan fingerprint density at radius 1 is 1.10 bits per heavy atom. The fourth-order valence-corrected chi connectivity index (χ4v) is 4.27. The van der Waals surface area contributed by atoms with E-state index in [-0.39, 0.29) is 0 Å². The Bertz CT molecular complexity index is 1260. The summed E-state index contributed by atoms with van der Waals surface area (Å²) in [6.07, 6.45) is 5.71. The van der Waals surface area contributed by atoms with Crippen LogP contribution in [0.1, 0.15) is 6.42 Å². The van der Waals surface area contributed by atoms with Gasteiger partial charge in [0.05, 0.1) is 17.5 Å². The fraction of sp³-hybridized carbons (Fsp3) is 0.190. The summed E-state index contributed by atoms with van der Waals surface area (Å²) in [4.78, 5) is 4.83. The molecule has 0 spiro atoms. The number of anilines is 2. The molecule has 2 aromatic carbocycles. The van der Waals surface area contributed by atoms with Gasteiger partial charge in [-0.05, 0) is 48.9 Å². The van der Waals surface area contributed by atoms with Crippen molar-refractivity contribution in [2.24, 2.45) is 0 Å². The number of rotatable bonds is 9. The summed E-state index contributed by atoms with van der Waals surface area (Å²) >= 11 is 0. The zero-order chi connectivity index (χ0) is 21.7. The standard InChI is InChI=1S/C21H23N7O2S/c1-30-17-5-8-19-20(9-11-23-21(19)13-17)27-16-3-6-18(7-4-16)31(22,29)26-10-2-12-28-14-24-25-15-28/h3-9,11,13-15H,2,10,12H2,1H3,(H,23,27)(H2,22,26,29). The predicted octanol–water partition coefficient (Wildman–Crippen LogP) is 3.58. The van der Waals surface area contributed by atoms with Gasteiger partial charge in [-0.15, -0.1) is 10.2 Å². The quantitative estimate of drug-likeness (QED) is 0.345. The zero-order valence-electron chi connectivity index (χ0n) is 17.0. The highest BCUT2D eigenvalue weighted by molar-refractivity contribution is 7.90. The first-order chi connectivity index (χ1) is 15.0. The fourth-order valence-electron chi connectivity index (χ4n) is 3.15. The second-order valence-corrected chi connectivity index (χ2v) is 8.77. The number of aromatic nitrogens is 4. The van der Waals surface area contributed by atoms with Crippen LogP contribution < -0.4 is 14.8 Å². The van der Waals surface area contributed by atoms with Gasteiger partial charge in [-0.25, -0.2) is 13.7 Å². The van der Waals surface area contributed by atoms with Crippen molar-refractivity contribution in [2.75, 3.05) is 19.0 Å². The number of hydrogen-bond donors (Lipinski definition) is 3. The van der Waals surface area contributed by atoms with Gasteiger partial charge in [-0.3, -0.25) is 4.98 Å². The number of aryl methyl sites for hydroxylation is 1. The molecular weight excluding hydrogens is 414 g/mol. The molecule has 4 aromatic rings. The Balaban J connectivity index is 1.41. The molecule has 0 radical (unpaired) electrons. The number of nitrogens with zero attached hydrogens (tertiary/aromatic N) is 4. The number of benzene rings is 2. The molecule has 0 bridgehead atoms. The van der Waals surface area contributed by atoms with Crippen LogP contribution in [0.5, 0.6) is 5.75 Å². The minimum absolute atomic E-state index is 0.437. The van der Waals surface area contributed by atoms with Crippen molar-refractivity contribution in [1.29, 1.82) is 4.78 Å². The van der Waals surface area contributed by atoms with Crippen molar-refractivity contribution >= 4 is 32.2 Å². The molecule has 1 atom stereocenters. The molecule has 4 rings (SSSR count). The normalized spacial score (nSPS) is 13.1. The van der Waals surface area contributed by atoms with Gasteiger partial charge in [0.25, 0.3) is 0 Å². The minimum Gasteiger partial charge on any atom is -0.497 e. The molecule has 10 heteroatoms. The number of pyridine rings is 1. The van der Waals surface area contributed by atoms with E-state index in [1.807, 2.05) is 41.0 Å². The molecule has 0 aliphatic heterocycles. The number of nitrogens with one attached hydrogen (secondary N) is 3. The molecule has 2 heterocycles. The van der Waals surface area contributed by atoms with Gasteiger partial charge >= 0.3 is 0 Å². The molecule has 9 nitrogen and oxygen atoms in total. The van der Waals surface area contributed by atoms with Crippen molar-refractivity contribution in [3.8, 4) is 5.75 Å². The van der Waals surface area contributed by atoms with Crippen LogP contribution in [0.4, 0.5) is 11.4 Å². The Labute approximate surface area is 180 Å². The Morgan fingerprint density at radius 3 is 2.61 bits per heavy atom. The molecule has 3 N–H and O–H groups in total. The second-order valence-electron chi connectivity index (χ2n) is 6.89. The third-order valence-corrected chi connectivity index (χ3v) is 6.33. The molecule has 0 amide bonds. The maximum Gasteiger partial charge on any atom is 0.134 e. The lowest BCUT2D eigenvalue weighted by molar-refractivity contribution is 0.415. The molecular formula is C21H23N7O2S. The lowest BCUT2D eigenvalue weighted by Crippen LogP contribution is -2.24. The lowest BCUT2D eigenvalue weighted by Gasteiger charge is -2.13. The van der Waals surface area contributed by atoms with Crippen molar-refractivity contribution in [3.05, 3.63) is 67.4 Å².